The average molecular weight is 411 g/mol. The average Bonchev–Trinajstić information content (AvgIpc) is 2.74. The molecule has 1 aromatic heterocycles. The lowest BCUT2D eigenvalue weighted by atomic mass is 10.2. The van der Waals surface area contributed by atoms with Crippen LogP contribution in [-0.4, -0.2) is 34.7 Å². The highest BCUT2D eigenvalue weighted by Crippen LogP contribution is 2.30. The SMILES string of the molecule is O=C(CCCn1c(=S)[nH]c2ccccc2c1=O)NC[C@@H]1COc2ccccc2O1. The van der Waals surface area contributed by atoms with Gasteiger partial charge < -0.3 is 19.8 Å². The van der Waals surface area contributed by atoms with Crippen LogP contribution in [0.5, 0.6) is 11.5 Å². The fourth-order valence-corrected chi connectivity index (χ4v) is 3.56. The van der Waals surface area contributed by atoms with Gasteiger partial charge in [0.25, 0.3) is 5.56 Å². The Hall–Kier alpha value is -3.13. The molecule has 1 aliphatic rings. The first-order chi connectivity index (χ1) is 14.1. The second-order valence-corrected chi connectivity index (χ2v) is 7.22. The minimum absolute atomic E-state index is 0.101. The molecule has 0 fully saturated rings. The van der Waals surface area contributed by atoms with Gasteiger partial charge in [-0.2, -0.15) is 0 Å². The summed E-state index contributed by atoms with van der Waals surface area (Å²) in [5.41, 5.74) is 0.573. The smallest absolute Gasteiger partial charge is 0.262 e. The predicted octanol–water partition coefficient (Wildman–Crippen LogP) is 2.80. The number of para-hydroxylation sites is 3. The second kappa shape index (κ2) is 8.48. The van der Waals surface area contributed by atoms with E-state index < -0.39 is 0 Å². The zero-order valence-electron chi connectivity index (χ0n) is 15.7. The van der Waals surface area contributed by atoms with Crippen LogP contribution < -0.4 is 20.3 Å². The fraction of sp³-hybridized carbons (Fsp3) is 0.286. The van der Waals surface area contributed by atoms with Gasteiger partial charge in [0.2, 0.25) is 5.91 Å². The van der Waals surface area contributed by atoms with Crippen molar-refractivity contribution in [2.75, 3.05) is 13.2 Å². The lowest BCUT2D eigenvalue weighted by Crippen LogP contribution is -2.40. The normalized spacial score (nSPS) is 15.2. The van der Waals surface area contributed by atoms with Gasteiger partial charge in [0, 0.05) is 13.0 Å². The van der Waals surface area contributed by atoms with Crippen LogP contribution in [0, 0.1) is 4.77 Å². The molecular formula is C21H21N3O4S. The summed E-state index contributed by atoms with van der Waals surface area (Å²) in [7, 11) is 0. The Balaban J connectivity index is 1.28. The van der Waals surface area contributed by atoms with Crippen molar-refractivity contribution >= 4 is 29.0 Å². The summed E-state index contributed by atoms with van der Waals surface area (Å²) in [5.74, 6) is 1.30. The summed E-state index contributed by atoms with van der Waals surface area (Å²) >= 11 is 5.29. The number of amides is 1. The number of carbonyl (C=O) groups excluding carboxylic acids is 1. The topological polar surface area (TPSA) is 85.4 Å². The Labute approximate surface area is 172 Å². The van der Waals surface area contributed by atoms with Gasteiger partial charge in [0.05, 0.1) is 17.4 Å². The predicted molar refractivity (Wildman–Crippen MR) is 112 cm³/mol. The molecule has 7 nitrogen and oxygen atoms in total. The maximum Gasteiger partial charge on any atom is 0.262 e. The first-order valence-electron chi connectivity index (χ1n) is 9.49. The summed E-state index contributed by atoms with van der Waals surface area (Å²) in [4.78, 5) is 27.8. The van der Waals surface area contributed by atoms with Crippen LogP contribution >= 0.6 is 12.2 Å². The van der Waals surface area contributed by atoms with E-state index in [2.05, 4.69) is 10.3 Å². The van der Waals surface area contributed by atoms with Crippen LogP contribution in [0.1, 0.15) is 12.8 Å². The van der Waals surface area contributed by atoms with Gasteiger partial charge in [-0.3, -0.25) is 14.2 Å². The zero-order chi connectivity index (χ0) is 20.2. The summed E-state index contributed by atoms with van der Waals surface area (Å²) < 4.78 is 13.3. The molecule has 2 N–H and O–H groups in total. The Kier molecular flexibility index (Phi) is 5.62. The largest absolute Gasteiger partial charge is 0.486 e. The third-order valence-corrected chi connectivity index (χ3v) is 5.09. The molecule has 0 radical (unpaired) electrons. The number of hydrogen-bond donors (Lipinski definition) is 2. The quantitative estimate of drug-likeness (QED) is 0.610. The summed E-state index contributed by atoms with van der Waals surface area (Å²) in [6.45, 7) is 1.13. The van der Waals surface area contributed by atoms with E-state index in [1.807, 2.05) is 42.5 Å². The molecule has 0 bridgehead atoms. The van der Waals surface area contributed by atoms with Crippen molar-refractivity contribution in [2.45, 2.75) is 25.5 Å². The summed E-state index contributed by atoms with van der Waals surface area (Å²) in [5, 5.41) is 3.45. The van der Waals surface area contributed by atoms with Crippen LogP contribution in [0.25, 0.3) is 10.9 Å². The number of benzene rings is 2. The first-order valence-corrected chi connectivity index (χ1v) is 9.89. The number of rotatable bonds is 6. The molecule has 1 aliphatic heterocycles. The highest BCUT2D eigenvalue weighted by Gasteiger charge is 2.20. The van der Waals surface area contributed by atoms with E-state index >= 15 is 0 Å². The minimum Gasteiger partial charge on any atom is -0.486 e. The van der Waals surface area contributed by atoms with Gasteiger partial charge in [-0.05, 0) is 42.9 Å². The van der Waals surface area contributed by atoms with E-state index in [0.29, 0.717) is 53.3 Å². The van der Waals surface area contributed by atoms with Crippen molar-refractivity contribution < 1.29 is 14.3 Å². The van der Waals surface area contributed by atoms with Crippen LogP contribution in [0.2, 0.25) is 0 Å². The van der Waals surface area contributed by atoms with Crippen molar-refractivity contribution in [1.29, 1.82) is 0 Å². The second-order valence-electron chi connectivity index (χ2n) is 6.84. The molecular weight excluding hydrogens is 390 g/mol. The van der Waals surface area contributed by atoms with Crippen molar-refractivity contribution in [3.8, 4) is 11.5 Å². The van der Waals surface area contributed by atoms with Crippen molar-refractivity contribution in [3.05, 3.63) is 63.7 Å². The molecule has 0 aliphatic carbocycles. The maximum absolute atomic E-state index is 12.6. The van der Waals surface area contributed by atoms with Gasteiger partial charge in [-0.1, -0.05) is 24.3 Å². The molecule has 2 heterocycles. The summed E-state index contributed by atoms with van der Waals surface area (Å²) in [6, 6.07) is 14.7. The molecule has 1 atom stereocenters. The number of nitrogens with zero attached hydrogens (tertiary/aromatic N) is 1. The molecule has 0 saturated carbocycles. The molecule has 8 heteroatoms. The Morgan fingerprint density at radius 2 is 1.93 bits per heavy atom. The van der Waals surface area contributed by atoms with Gasteiger partial charge in [0.1, 0.15) is 12.7 Å². The first kappa shape index (κ1) is 19.2. The number of H-pyrrole nitrogens is 1. The van der Waals surface area contributed by atoms with Gasteiger partial charge in [-0.15, -0.1) is 0 Å². The van der Waals surface area contributed by atoms with Crippen LogP contribution in [-0.2, 0) is 11.3 Å². The van der Waals surface area contributed by atoms with Gasteiger partial charge in [-0.25, -0.2) is 0 Å². The number of aromatic nitrogens is 2. The van der Waals surface area contributed by atoms with E-state index in [4.69, 9.17) is 21.7 Å². The number of carbonyl (C=O) groups is 1. The lowest BCUT2D eigenvalue weighted by Gasteiger charge is -2.26. The molecule has 29 heavy (non-hydrogen) atoms. The summed E-state index contributed by atoms with van der Waals surface area (Å²) in [6.07, 6.45) is 0.566. The Morgan fingerprint density at radius 3 is 2.79 bits per heavy atom. The van der Waals surface area contributed by atoms with Crippen molar-refractivity contribution in [1.82, 2.24) is 14.9 Å². The molecule has 3 aromatic rings. The minimum atomic E-state index is -0.231. The standard InChI is InChI=1S/C21H21N3O4S/c25-19(22-12-14-13-27-17-8-3-4-9-18(17)28-14)10-5-11-24-20(26)15-6-1-2-7-16(15)23-21(24)29/h1-4,6-9,14H,5,10-13H2,(H,22,25)(H,23,29)/t14-/m1/s1. The Morgan fingerprint density at radius 1 is 1.17 bits per heavy atom. The van der Waals surface area contributed by atoms with E-state index in [-0.39, 0.29) is 24.0 Å². The number of fused-ring (bicyclic) bond motifs is 2. The van der Waals surface area contributed by atoms with E-state index in [1.165, 1.54) is 4.57 Å². The molecule has 0 unspecified atom stereocenters. The highest BCUT2D eigenvalue weighted by atomic mass is 32.1. The molecule has 4 rings (SSSR count). The fourth-order valence-electron chi connectivity index (χ4n) is 3.28. The number of aromatic amines is 1. The number of nitrogens with one attached hydrogen (secondary N) is 2. The third kappa shape index (κ3) is 4.32. The monoisotopic (exact) mass is 411 g/mol. The van der Waals surface area contributed by atoms with E-state index in [9.17, 15) is 9.59 Å². The van der Waals surface area contributed by atoms with E-state index in [0.717, 1.165) is 0 Å². The maximum atomic E-state index is 12.6. The third-order valence-electron chi connectivity index (χ3n) is 4.77. The van der Waals surface area contributed by atoms with Crippen LogP contribution in [0.4, 0.5) is 0 Å². The van der Waals surface area contributed by atoms with Crippen LogP contribution in [0.15, 0.2) is 53.3 Å². The van der Waals surface area contributed by atoms with Crippen LogP contribution in [0.3, 0.4) is 0 Å². The van der Waals surface area contributed by atoms with Gasteiger partial charge >= 0.3 is 0 Å². The molecule has 1 amide bonds. The van der Waals surface area contributed by atoms with Crippen molar-refractivity contribution in [2.24, 2.45) is 0 Å². The molecule has 0 spiro atoms. The molecule has 150 valence electrons. The Bertz CT molecular complexity index is 1150. The number of hydrogen-bond acceptors (Lipinski definition) is 5. The molecule has 2 aromatic carbocycles. The van der Waals surface area contributed by atoms with Crippen molar-refractivity contribution in [3.63, 3.8) is 0 Å². The van der Waals surface area contributed by atoms with Gasteiger partial charge in [0.15, 0.2) is 16.3 Å². The molecule has 0 saturated heterocycles. The number of ether oxygens (including phenoxy) is 2. The lowest BCUT2D eigenvalue weighted by molar-refractivity contribution is -0.121. The zero-order valence-corrected chi connectivity index (χ0v) is 16.5. The van der Waals surface area contributed by atoms with E-state index in [1.54, 1.807) is 6.07 Å². The highest BCUT2D eigenvalue weighted by molar-refractivity contribution is 7.71.